The summed E-state index contributed by atoms with van der Waals surface area (Å²) in [5.74, 6) is -1.18. The summed E-state index contributed by atoms with van der Waals surface area (Å²) in [4.78, 5) is 34.4. The Bertz CT molecular complexity index is 1200. The van der Waals surface area contributed by atoms with Gasteiger partial charge in [0.15, 0.2) is 17.6 Å². The molecule has 7 nitrogen and oxygen atoms in total. The van der Waals surface area contributed by atoms with Crippen molar-refractivity contribution in [2.45, 2.75) is 19.1 Å². The number of fused-ring (bicyclic) bond motifs is 1. The molecule has 0 aliphatic carbocycles. The minimum Gasteiger partial charge on any atom is -0.504 e. The molecule has 2 heterocycles. The number of aromatic hydroxyl groups is 1. The number of hydroxylamine groups is 1. The fraction of sp³-hybridized carbons (Fsp3) is 0.200. The topological polar surface area (TPSA) is 79.3 Å². The van der Waals surface area contributed by atoms with Gasteiger partial charge in [0, 0.05) is 0 Å². The lowest BCUT2D eigenvalue weighted by molar-refractivity contribution is -0.126. The molecule has 3 aromatic rings. The average Bonchev–Trinajstić information content (AvgIpc) is 3.31. The van der Waals surface area contributed by atoms with E-state index >= 15 is 0 Å². The van der Waals surface area contributed by atoms with Crippen LogP contribution in [0.25, 0.3) is 0 Å². The van der Waals surface area contributed by atoms with E-state index in [2.05, 4.69) is 0 Å². The van der Waals surface area contributed by atoms with E-state index in [1.807, 2.05) is 49.4 Å². The smallest absolute Gasteiger partial charge is 0.266 e. The van der Waals surface area contributed by atoms with Crippen molar-refractivity contribution >= 4 is 23.2 Å². The number of para-hydroxylation sites is 2. The molecule has 2 aliphatic rings. The summed E-state index contributed by atoms with van der Waals surface area (Å²) >= 11 is 0. The van der Waals surface area contributed by atoms with Crippen LogP contribution in [0.3, 0.4) is 0 Å². The summed E-state index contributed by atoms with van der Waals surface area (Å²) in [6.07, 6.45) is -0.952. The van der Waals surface area contributed by atoms with Crippen LogP contribution in [0.5, 0.6) is 11.5 Å². The van der Waals surface area contributed by atoms with Crippen molar-refractivity contribution in [3.8, 4) is 11.5 Å². The number of amides is 2. The van der Waals surface area contributed by atoms with Gasteiger partial charge in [-0.05, 0) is 48.4 Å². The summed E-state index contributed by atoms with van der Waals surface area (Å²) < 4.78 is 5.28. The number of carbonyl (C=O) groups is 2. The highest BCUT2D eigenvalue weighted by molar-refractivity contribution is 6.24. The van der Waals surface area contributed by atoms with E-state index in [1.165, 1.54) is 18.1 Å². The SMILES string of the molecule is COc1cc([C@H]2[C@H]3C(=O)N(c4ccccc4C)C(=O)[C@H]3ON2c2ccccc2)ccc1O. The first-order chi connectivity index (χ1) is 15.5. The van der Waals surface area contributed by atoms with Crippen LogP contribution in [0.4, 0.5) is 11.4 Å². The van der Waals surface area contributed by atoms with Crippen molar-refractivity contribution in [2.75, 3.05) is 17.1 Å². The van der Waals surface area contributed by atoms with Gasteiger partial charge in [-0.2, -0.15) is 0 Å². The van der Waals surface area contributed by atoms with E-state index in [1.54, 1.807) is 29.3 Å². The molecular weight excluding hydrogens is 408 g/mol. The first-order valence-corrected chi connectivity index (χ1v) is 10.3. The fourth-order valence-corrected chi connectivity index (χ4v) is 4.48. The molecule has 1 N–H and O–H groups in total. The van der Waals surface area contributed by atoms with Gasteiger partial charge in [-0.15, -0.1) is 0 Å². The summed E-state index contributed by atoms with van der Waals surface area (Å²) in [5.41, 5.74) is 2.82. The Morgan fingerprint density at radius 2 is 1.66 bits per heavy atom. The van der Waals surface area contributed by atoms with Crippen LogP contribution in [0.1, 0.15) is 17.2 Å². The van der Waals surface area contributed by atoms with Crippen LogP contribution in [-0.2, 0) is 14.4 Å². The molecule has 2 saturated heterocycles. The monoisotopic (exact) mass is 430 g/mol. The van der Waals surface area contributed by atoms with Crippen LogP contribution in [0.2, 0.25) is 0 Å². The highest BCUT2D eigenvalue weighted by atomic mass is 16.7. The maximum Gasteiger partial charge on any atom is 0.266 e. The Morgan fingerprint density at radius 3 is 2.38 bits per heavy atom. The van der Waals surface area contributed by atoms with E-state index in [-0.39, 0.29) is 23.3 Å². The highest BCUT2D eigenvalue weighted by Crippen LogP contribution is 2.48. The third-order valence-electron chi connectivity index (χ3n) is 6.03. The molecule has 0 saturated carbocycles. The molecule has 0 radical (unpaired) electrons. The largest absolute Gasteiger partial charge is 0.504 e. The molecule has 5 rings (SSSR count). The van der Waals surface area contributed by atoms with Gasteiger partial charge in [-0.25, -0.2) is 9.96 Å². The molecule has 2 aliphatic heterocycles. The quantitative estimate of drug-likeness (QED) is 0.635. The normalized spacial score (nSPS) is 22.4. The molecule has 0 spiro atoms. The Labute approximate surface area is 185 Å². The number of methoxy groups -OCH3 is 1. The van der Waals surface area contributed by atoms with Crippen LogP contribution in [0, 0.1) is 12.8 Å². The Balaban J connectivity index is 1.62. The predicted molar refractivity (Wildman–Crippen MR) is 118 cm³/mol. The second-order valence-corrected chi connectivity index (χ2v) is 7.89. The molecule has 0 aromatic heterocycles. The number of aryl methyl sites for hydroxylation is 1. The Morgan fingerprint density at radius 1 is 0.938 bits per heavy atom. The average molecular weight is 430 g/mol. The number of carbonyl (C=O) groups excluding carboxylic acids is 2. The van der Waals surface area contributed by atoms with Crippen LogP contribution in [0.15, 0.2) is 72.8 Å². The first-order valence-electron chi connectivity index (χ1n) is 10.3. The zero-order chi connectivity index (χ0) is 22.4. The molecule has 162 valence electrons. The van der Waals surface area contributed by atoms with Gasteiger partial charge >= 0.3 is 0 Å². The third kappa shape index (κ3) is 3.01. The fourth-order valence-electron chi connectivity index (χ4n) is 4.48. The van der Waals surface area contributed by atoms with Crippen molar-refractivity contribution in [3.63, 3.8) is 0 Å². The van der Waals surface area contributed by atoms with Crippen LogP contribution >= 0.6 is 0 Å². The van der Waals surface area contributed by atoms with E-state index < -0.39 is 18.1 Å². The second kappa shape index (κ2) is 7.69. The molecule has 3 atom stereocenters. The minimum absolute atomic E-state index is 0.00617. The van der Waals surface area contributed by atoms with Crippen molar-refractivity contribution < 1.29 is 24.3 Å². The lowest BCUT2D eigenvalue weighted by Crippen LogP contribution is -2.37. The van der Waals surface area contributed by atoms with Crippen molar-refractivity contribution in [1.29, 1.82) is 0 Å². The van der Waals surface area contributed by atoms with Crippen LogP contribution in [-0.4, -0.2) is 30.1 Å². The summed E-state index contributed by atoms with van der Waals surface area (Å²) in [7, 11) is 1.46. The number of ether oxygens (including phenoxy) is 1. The van der Waals surface area contributed by atoms with Gasteiger partial charge in [0.2, 0.25) is 5.91 Å². The number of phenolic OH excluding ortho intramolecular Hbond substituents is 1. The van der Waals surface area contributed by atoms with Crippen LogP contribution < -0.4 is 14.7 Å². The molecule has 0 bridgehead atoms. The second-order valence-electron chi connectivity index (χ2n) is 7.89. The summed E-state index contributed by atoms with van der Waals surface area (Å²) in [6.45, 7) is 1.86. The van der Waals surface area contributed by atoms with E-state index in [9.17, 15) is 14.7 Å². The predicted octanol–water partition coefficient (Wildman–Crippen LogP) is 3.76. The molecular formula is C25H22N2O5. The van der Waals surface area contributed by atoms with E-state index in [4.69, 9.17) is 9.57 Å². The van der Waals surface area contributed by atoms with Crippen molar-refractivity contribution in [1.82, 2.24) is 0 Å². The van der Waals surface area contributed by atoms with Crippen molar-refractivity contribution in [3.05, 3.63) is 83.9 Å². The molecule has 32 heavy (non-hydrogen) atoms. The van der Waals surface area contributed by atoms with Gasteiger partial charge in [0.1, 0.15) is 5.92 Å². The maximum absolute atomic E-state index is 13.6. The lowest BCUT2D eigenvalue weighted by atomic mass is 9.90. The third-order valence-corrected chi connectivity index (χ3v) is 6.03. The maximum atomic E-state index is 13.6. The number of hydrogen-bond acceptors (Lipinski definition) is 6. The number of hydrogen-bond donors (Lipinski definition) is 1. The first kappa shape index (κ1) is 20.1. The van der Waals surface area contributed by atoms with E-state index in [0.29, 0.717) is 11.3 Å². The van der Waals surface area contributed by atoms with E-state index in [0.717, 1.165) is 11.3 Å². The van der Waals surface area contributed by atoms with Gasteiger partial charge in [0.05, 0.1) is 24.5 Å². The number of imide groups is 1. The summed E-state index contributed by atoms with van der Waals surface area (Å²) in [6, 6.07) is 21.0. The number of anilines is 2. The van der Waals surface area contributed by atoms with Crippen molar-refractivity contribution in [2.24, 2.45) is 5.92 Å². The van der Waals surface area contributed by atoms with Gasteiger partial charge < -0.3 is 9.84 Å². The summed E-state index contributed by atoms with van der Waals surface area (Å²) in [5, 5.41) is 11.7. The minimum atomic E-state index is -0.952. The zero-order valence-corrected chi connectivity index (χ0v) is 17.6. The Kier molecular flexibility index (Phi) is 4.83. The zero-order valence-electron chi connectivity index (χ0n) is 17.6. The van der Waals surface area contributed by atoms with Gasteiger partial charge in [-0.1, -0.05) is 42.5 Å². The number of benzene rings is 3. The standard InChI is InChI=1S/C25H22N2O5/c1-15-8-6-7-11-18(15)26-24(29)21-22(16-12-13-19(28)20(14-16)31-2)27(32-23(21)25(26)30)17-9-4-3-5-10-17/h3-14,21-23,28H,1-2H3/t21-,22+,23+/m1/s1. The molecule has 2 amide bonds. The highest BCUT2D eigenvalue weighted by Gasteiger charge is 2.60. The lowest BCUT2D eigenvalue weighted by Gasteiger charge is -2.29. The molecule has 0 unspecified atom stereocenters. The van der Waals surface area contributed by atoms with Gasteiger partial charge in [-0.3, -0.25) is 14.4 Å². The Hall–Kier alpha value is -3.84. The van der Waals surface area contributed by atoms with Gasteiger partial charge in [0.25, 0.3) is 5.91 Å². The number of phenols is 1. The molecule has 2 fully saturated rings. The molecule has 3 aromatic carbocycles. The number of nitrogens with zero attached hydrogens (tertiary/aromatic N) is 2. The molecule has 7 heteroatoms. The number of rotatable bonds is 4.